The number of aromatic nitrogens is 1. The van der Waals surface area contributed by atoms with Gasteiger partial charge in [0, 0.05) is 23.6 Å². The molecule has 0 N–H and O–H groups in total. The predicted molar refractivity (Wildman–Crippen MR) is 129 cm³/mol. The van der Waals surface area contributed by atoms with Crippen molar-refractivity contribution in [3.05, 3.63) is 96.2 Å². The second-order valence-electron chi connectivity index (χ2n) is 7.89. The average molecular weight is 442 g/mol. The zero-order valence-corrected chi connectivity index (χ0v) is 18.6. The third-order valence-corrected chi connectivity index (χ3v) is 5.71. The second kappa shape index (κ2) is 10.7. The lowest BCUT2D eigenvalue weighted by atomic mass is 10.0. The molecule has 5 heteroatoms. The van der Waals surface area contributed by atoms with Crippen molar-refractivity contribution in [3.63, 3.8) is 0 Å². The van der Waals surface area contributed by atoms with Gasteiger partial charge in [0.25, 0.3) is 0 Å². The van der Waals surface area contributed by atoms with E-state index < -0.39 is 0 Å². The average Bonchev–Trinajstić information content (AvgIpc) is 3.25. The van der Waals surface area contributed by atoms with E-state index in [-0.39, 0.29) is 12.2 Å². The molecule has 0 aliphatic rings. The molecule has 4 rings (SSSR count). The summed E-state index contributed by atoms with van der Waals surface area (Å²) >= 11 is 0. The van der Waals surface area contributed by atoms with Gasteiger partial charge in [-0.05, 0) is 36.1 Å². The van der Waals surface area contributed by atoms with Crippen LogP contribution < -0.4 is 0 Å². The minimum Gasteiger partial charge on any atom is -0.465 e. The van der Waals surface area contributed by atoms with Crippen molar-refractivity contribution in [2.45, 2.75) is 32.1 Å². The Balaban J connectivity index is 1.79. The Morgan fingerprint density at radius 1 is 1.00 bits per heavy atom. The standard InChI is InChI=1S/C28H27NO4/c1-32-28(31)23-15-16-24-25(22-12-6-3-7-13-22)19-29(26(24)18-23)27(14-8-9-17-30)33-20-21-10-4-2-5-11-21/h2-7,10-13,15-19,27H,8-9,14,20H2,1H3. The summed E-state index contributed by atoms with van der Waals surface area (Å²) in [6.07, 6.45) is 4.58. The molecule has 0 aliphatic carbocycles. The summed E-state index contributed by atoms with van der Waals surface area (Å²) < 4.78 is 13.4. The lowest BCUT2D eigenvalue weighted by Gasteiger charge is -2.21. The highest BCUT2D eigenvalue weighted by molar-refractivity contribution is 6.00. The molecular weight excluding hydrogens is 414 g/mol. The van der Waals surface area contributed by atoms with Gasteiger partial charge in [0.1, 0.15) is 12.5 Å². The number of nitrogens with zero attached hydrogens (tertiary/aromatic N) is 1. The number of methoxy groups -OCH3 is 1. The number of benzene rings is 3. The Labute approximate surface area is 193 Å². The summed E-state index contributed by atoms with van der Waals surface area (Å²) in [5.74, 6) is -0.381. The maximum absolute atomic E-state index is 12.2. The molecule has 0 radical (unpaired) electrons. The Morgan fingerprint density at radius 3 is 2.42 bits per heavy atom. The molecule has 3 aromatic carbocycles. The molecular formula is C28H27NO4. The van der Waals surface area contributed by atoms with E-state index in [1.54, 1.807) is 6.07 Å². The van der Waals surface area contributed by atoms with E-state index in [9.17, 15) is 9.59 Å². The van der Waals surface area contributed by atoms with Crippen molar-refractivity contribution < 1.29 is 19.1 Å². The zero-order chi connectivity index (χ0) is 23.0. The highest BCUT2D eigenvalue weighted by Gasteiger charge is 2.19. The van der Waals surface area contributed by atoms with E-state index in [2.05, 4.69) is 22.9 Å². The van der Waals surface area contributed by atoms with Crippen molar-refractivity contribution in [2.75, 3.05) is 7.11 Å². The monoisotopic (exact) mass is 441 g/mol. The van der Waals surface area contributed by atoms with E-state index in [4.69, 9.17) is 9.47 Å². The lowest BCUT2D eigenvalue weighted by molar-refractivity contribution is -0.108. The molecule has 0 aliphatic heterocycles. The maximum atomic E-state index is 12.2. The van der Waals surface area contributed by atoms with Crippen LogP contribution in [0.2, 0.25) is 0 Å². The molecule has 0 saturated heterocycles. The number of hydrogen-bond donors (Lipinski definition) is 0. The number of carbonyl (C=O) groups is 2. The van der Waals surface area contributed by atoms with E-state index in [0.717, 1.165) is 33.9 Å². The van der Waals surface area contributed by atoms with Gasteiger partial charge in [-0.2, -0.15) is 0 Å². The molecule has 1 aromatic heterocycles. The summed E-state index contributed by atoms with van der Waals surface area (Å²) in [5.41, 5.74) is 4.60. The number of ether oxygens (including phenoxy) is 2. The molecule has 168 valence electrons. The normalized spacial score (nSPS) is 11.9. The Kier molecular flexibility index (Phi) is 7.33. The molecule has 33 heavy (non-hydrogen) atoms. The number of rotatable bonds is 10. The van der Waals surface area contributed by atoms with Gasteiger partial charge in [0.15, 0.2) is 0 Å². The van der Waals surface area contributed by atoms with Gasteiger partial charge in [-0.3, -0.25) is 0 Å². The van der Waals surface area contributed by atoms with Crippen LogP contribution in [0.15, 0.2) is 85.1 Å². The van der Waals surface area contributed by atoms with E-state index >= 15 is 0 Å². The van der Waals surface area contributed by atoms with Crippen LogP contribution >= 0.6 is 0 Å². The van der Waals surface area contributed by atoms with Crippen LogP contribution in [0.1, 0.15) is 41.4 Å². The van der Waals surface area contributed by atoms with Gasteiger partial charge in [-0.15, -0.1) is 0 Å². The minimum absolute atomic E-state index is 0.294. The van der Waals surface area contributed by atoms with Crippen molar-refractivity contribution in [2.24, 2.45) is 0 Å². The van der Waals surface area contributed by atoms with Crippen LogP contribution in [-0.4, -0.2) is 23.9 Å². The smallest absolute Gasteiger partial charge is 0.337 e. The van der Waals surface area contributed by atoms with E-state index in [1.165, 1.54) is 7.11 Å². The SMILES string of the molecule is COC(=O)c1ccc2c(-c3ccccc3)cn(C(CCCC=O)OCc3ccccc3)c2c1. The highest BCUT2D eigenvalue weighted by atomic mass is 16.5. The predicted octanol–water partition coefficient (Wildman–Crippen LogP) is 6.18. The molecule has 1 unspecified atom stereocenters. The molecule has 0 amide bonds. The van der Waals surface area contributed by atoms with E-state index in [0.29, 0.717) is 31.4 Å². The number of hydrogen-bond acceptors (Lipinski definition) is 4. The molecule has 0 saturated carbocycles. The number of esters is 1. The second-order valence-corrected chi connectivity index (χ2v) is 7.89. The Hall–Kier alpha value is -3.70. The van der Waals surface area contributed by atoms with Gasteiger partial charge in [-0.1, -0.05) is 66.7 Å². The number of unbranched alkanes of at least 4 members (excludes halogenated alkanes) is 1. The van der Waals surface area contributed by atoms with E-state index in [1.807, 2.05) is 60.7 Å². The third kappa shape index (κ3) is 5.21. The Morgan fingerprint density at radius 2 is 1.73 bits per heavy atom. The highest BCUT2D eigenvalue weighted by Crippen LogP contribution is 2.35. The maximum Gasteiger partial charge on any atom is 0.337 e. The molecule has 1 atom stereocenters. The van der Waals surface area contributed by atoms with Crippen LogP contribution in [0, 0.1) is 0 Å². The van der Waals surface area contributed by atoms with Crippen molar-refractivity contribution in [1.82, 2.24) is 4.57 Å². The molecule has 1 heterocycles. The third-order valence-electron chi connectivity index (χ3n) is 5.71. The molecule has 0 bridgehead atoms. The van der Waals surface area contributed by atoms with Gasteiger partial charge >= 0.3 is 5.97 Å². The fourth-order valence-electron chi connectivity index (χ4n) is 4.03. The first-order valence-electron chi connectivity index (χ1n) is 11.1. The van der Waals surface area contributed by atoms with Crippen LogP contribution in [0.5, 0.6) is 0 Å². The molecule has 5 nitrogen and oxygen atoms in total. The van der Waals surface area contributed by atoms with Crippen molar-refractivity contribution >= 4 is 23.2 Å². The summed E-state index contributed by atoms with van der Waals surface area (Å²) in [6.45, 7) is 0.448. The first-order valence-corrected chi connectivity index (χ1v) is 11.1. The largest absolute Gasteiger partial charge is 0.465 e. The van der Waals surface area contributed by atoms with Crippen molar-refractivity contribution in [1.29, 1.82) is 0 Å². The quantitative estimate of drug-likeness (QED) is 0.168. The first-order chi connectivity index (χ1) is 16.2. The molecule has 0 spiro atoms. The number of carbonyl (C=O) groups excluding carboxylic acids is 2. The fraction of sp³-hybridized carbons (Fsp3) is 0.214. The van der Waals surface area contributed by atoms with Crippen molar-refractivity contribution in [3.8, 4) is 11.1 Å². The van der Waals surface area contributed by atoms with Crippen LogP contribution in [0.4, 0.5) is 0 Å². The van der Waals surface area contributed by atoms with Crippen LogP contribution in [0.25, 0.3) is 22.0 Å². The summed E-state index contributed by atoms with van der Waals surface area (Å²) in [7, 11) is 1.38. The van der Waals surface area contributed by atoms with Crippen LogP contribution in [-0.2, 0) is 20.9 Å². The number of aldehydes is 1. The van der Waals surface area contributed by atoms with Gasteiger partial charge in [0.2, 0.25) is 0 Å². The topological polar surface area (TPSA) is 57.5 Å². The zero-order valence-electron chi connectivity index (χ0n) is 18.6. The van der Waals surface area contributed by atoms with Gasteiger partial charge in [-0.25, -0.2) is 4.79 Å². The summed E-state index contributed by atoms with van der Waals surface area (Å²) in [4.78, 5) is 23.2. The van der Waals surface area contributed by atoms with Crippen LogP contribution in [0.3, 0.4) is 0 Å². The summed E-state index contributed by atoms with van der Waals surface area (Å²) in [6, 6.07) is 25.8. The Bertz CT molecular complexity index is 1210. The number of fused-ring (bicyclic) bond motifs is 1. The van der Waals surface area contributed by atoms with Gasteiger partial charge in [0.05, 0.1) is 24.8 Å². The van der Waals surface area contributed by atoms with Gasteiger partial charge < -0.3 is 18.8 Å². The molecule has 0 fully saturated rings. The summed E-state index contributed by atoms with van der Waals surface area (Å²) in [5, 5.41) is 1.03. The molecule has 4 aromatic rings. The fourth-order valence-corrected chi connectivity index (χ4v) is 4.03. The first kappa shape index (κ1) is 22.5. The minimum atomic E-state index is -0.381. The lowest BCUT2D eigenvalue weighted by Crippen LogP contribution is -2.13.